The second kappa shape index (κ2) is 4.24. The molecule has 1 aliphatic rings. The summed E-state index contributed by atoms with van der Waals surface area (Å²) in [6.45, 7) is 4.53. The van der Waals surface area contributed by atoms with E-state index in [9.17, 15) is 5.11 Å². The van der Waals surface area contributed by atoms with E-state index in [1.54, 1.807) is 11.3 Å². The molecule has 0 bridgehead atoms. The van der Waals surface area contributed by atoms with Crippen LogP contribution in [0.4, 0.5) is 0 Å². The van der Waals surface area contributed by atoms with Crippen molar-refractivity contribution in [3.8, 4) is 0 Å². The Hall–Kier alpha value is -0.380. The number of aliphatic hydroxyl groups excluding tert-OH is 1. The van der Waals surface area contributed by atoms with E-state index in [4.69, 9.17) is 0 Å². The van der Waals surface area contributed by atoms with Crippen molar-refractivity contribution in [2.75, 3.05) is 6.61 Å². The van der Waals surface area contributed by atoms with Crippen LogP contribution >= 0.6 is 11.3 Å². The average molecular weight is 225 g/mol. The molecule has 3 heteroatoms. The zero-order chi connectivity index (χ0) is 10.9. The lowest BCUT2D eigenvalue weighted by Crippen LogP contribution is -2.48. The molecule has 0 radical (unpaired) electrons. The molecule has 2 nitrogen and oxygen atoms in total. The lowest BCUT2D eigenvalue weighted by Gasteiger charge is -2.32. The van der Waals surface area contributed by atoms with Crippen LogP contribution in [0.1, 0.15) is 37.6 Å². The third kappa shape index (κ3) is 2.41. The monoisotopic (exact) mass is 225 g/mol. The molecule has 1 fully saturated rings. The first-order valence-electron chi connectivity index (χ1n) is 5.57. The summed E-state index contributed by atoms with van der Waals surface area (Å²) in [6.07, 6.45) is 2.50. The molecule has 2 N–H and O–H groups in total. The van der Waals surface area contributed by atoms with Gasteiger partial charge in [0.05, 0.1) is 6.61 Å². The number of nitrogens with one attached hydrogen (secondary N) is 1. The van der Waals surface area contributed by atoms with Crippen molar-refractivity contribution < 1.29 is 5.11 Å². The van der Waals surface area contributed by atoms with Gasteiger partial charge in [0.1, 0.15) is 0 Å². The lowest BCUT2D eigenvalue weighted by molar-refractivity contribution is 0.144. The number of rotatable bonds is 5. The van der Waals surface area contributed by atoms with Gasteiger partial charge in [0.15, 0.2) is 0 Å². The van der Waals surface area contributed by atoms with Crippen LogP contribution < -0.4 is 5.32 Å². The first kappa shape index (κ1) is 11.1. The van der Waals surface area contributed by atoms with Crippen LogP contribution in [-0.4, -0.2) is 17.3 Å². The van der Waals surface area contributed by atoms with Gasteiger partial charge in [-0.05, 0) is 44.1 Å². The summed E-state index contributed by atoms with van der Waals surface area (Å²) in [5, 5.41) is 15.1. The molecule has 2 atom stereocenters. The van der Waals surface area contributed by atoms with Gasteiger partial charge in [-0.25, -0.2) is 0 Å². The maximum Gasteiger partial charge on any atom is 0.0613 e. The van der Waals surface area contributed by atoms with Gasteiger partial charge in [-0.3, -0.25) is 0 Å². The average Bonchev–Trinajstić information content (AvgIpc) is 2.94. The van der Waals surface area contributed by atoms with Crippen molar-refractivity contribution in [3.05, 3.63) is 22.4 Å². The van der Waals surface area contributed by atoms with Crippen LogP contribution in [0.15, 0.2) is 17.5 Å². The maximum absolute atomic E-state index is 9.48. The molecule has 1 aromatic heterocycles. The van der Waals surface area contributed by atoms with Gasteiger partial charge in [-0.1, -0.05) is 6.07 Å². The second-order valence-corrected chi connectivity index (χ2v) is 5.71. The van der Waals surface area contributed by atoms with E-state index >= 15 is 0 Å². The summed E-state index contributed by atoms with van der Waals surface area (Å²) in [6, 6.07) is 4.56. The topological polar surface area (TPSA) is 32.3 Å². The molecular weight excluding hydrogens is 206 g/mol. The zero-order valence-electron chi connectivity index (χ0n) is 9.36. The summed E-state index contributed by atoms with van der Waals surface area (Å²) in [5.41, 5.74) is -0.0938. The van der Waals surface area contributed by atoms with Gasteiger partial charge < -0.3 is 10.4 Å². The van der Waals surface area contributed by atoms with Crippen LogP contribution in [0.5, 0.6) is 0 Å². The molecule has 84 valence electrons. The Balaban J connectivity index is 2.00. The van der Waals surface area contributed by atoms with E-state index in [0.717, 1.165) is 0 Å². The van der Waals surface area contributed by atoms with Crippen LogP contribution in [0.2, 0.25) is 0 Å². The van der Waals surface area contributed by atoms with Gasteiger partial charge in [-0.15, -0.1) is 11.3 Å². The van der Waals surface area contributed by atoms with Gasteiger partial charge in [-0.2, -0.15) is 0 Å². The summed E-state index contributed by atoms with van der Waals surface area (Å²) in [5.74, 6) is 0.657. The lowest BCUT2D eigenvalue weighted by atomic mass is 9.95. The SMILES string of the molecule is CC(NC(C)(CO)C1CC1)c1cccs1. The fourth-order valence-electron chi connectivity index (χ4n) is 2.12. The van der Waals surface area contributed by atoms with Crippen molar-refractivity contribution in [3.63, 3.8) is 0 Å². The quantitative estimate of drug-likeness (QED) is 0.807. The largest absolute Gasteiger partial charge is 0.394 e. The number of aliphatic hydroxyl groups is 1. The summed E-state index contributed by atoms with van der Waals surface area (Å²) < 4.78 is 0. The highest BCUT2D eigenvalue weighted by Gasteiger charge is 2.41. The molecule has 0 spiro atoms. The zero-order valence-corrected chi connectivity index (χ0v) is 10.2. The molecule has 1 heterocycles. The van der Waals surface area contributed by atoms with E-state index < -0.39 is 0 Å². The maximum atomic E-state index is 9.48. The number of hydrogen-bond donors (Lipinski definition) is 2. The molecule has 2 rings (SSSR count). The van der Waals surface area contributed by atoms with Crippen molar-refractivity contribution >= 4 is 11.3 Å². The Labute approximate surface area is 95.3 Å². The van der Waals surface area contributed by atoms with E-state index in [-0.39, 0.29) is 12.1 Å². The van der Waals surface area contributed by atoms with Gasteiger partial charge in [0.25, 0.3) is 0 Å². The summed E-state index contributed by atoms with van der Waals surface area (Å²) in [7, 11) is 0. The Bertz CT molecular complexity index is 307. The minimum absolute atomic E-state index is 0.0938. The fourth-order valence-corrected chi connectivity index (χ4v) is 2.85. The minimum atomic E-state index is -0.0938. The molecule has 15 heavy (non-hydrogen) atoms. The van der Waals surface area contributed by atoms with Crippen molar-refractivity contribution in [1.82, 2.24) is 5.32 Å². The third-order valence-electron chi connectivity index (χ3n) is 3.32. The predicted octanol–water partition coefficient (Wildman–Crippen LogP) is 2.56. The van der Waals surface area contributed by atoms with Gasteiger partial charge in [0.2, 0.25) is 0 Å². The van der Waals surface area contributed by atoms with Crippen molar-refractivity contribution in [1.29, 1.82) is 0 Å². The first-order valence-corrected chi connectivity index (χ1v) is 6.45. The minimum Gasteiger partial charge on any atom is -0.394 e. The van der Waals surface area contributed by atoms with E-state index in [1.807, 2.05) is 0 Å². The molecule has 2 unspecified atom stereocenters. The summed E-state index contributed by atoms with van der Waals surface area (Å²) in [4.78, 5) is 1.34. The highest BCUT2D eigenvalue weighted by atomic mass is 32.1. The molecule has 0 aromatic carbocycles. The standard InChI is InChI=1S/C12H19NOS/c1-9(11-4-3-7-15-11)13-12(2,8-14)10-5-6-10/h3-4,7,9-10,13-14H,5-6,8H2,1-2H3. The molecular formula is C12H19NOS. The Morgan fingerprint density at radius 3 is 2.87 bits per heavy atom. The molecule has 0 saturated heterocycles. The van der Waals surface area contributed by atoms with Gasteiger partial charge >= 0.3 is 0 Å². The molecule has 1 aromatic rings. The normalized spacial score (nSPS) is 22.3. The molecule has 1 saturated carbocycles. The Kier molecular flexibility index (Phi) is 3.14. The van der Waals surface area contributed by atoms with Crippen molar-refractivity contribution in [2.45, 2.75) is 38.3 Å². The van der Waals surface area contributed by atoms with E-state index in [1.165, 1.54) is 17.7 Å². The van der Waals surface area contributed by atoms with E-state index in [0.29, 0.717) is 12.0 Å². The fraction of sp³-hybridized carbons (Fsp3) is 0.667. The highest BCUT2D eigenvalue weighted by molar-refractivity contribution is 7.10. The number of hydrogen-bond acceptors (Lipinski definition) is 3. The Morgan fingerprint density at radius 2 is 2.40 bits per heavy atom. The Morgan fingerprint density at radius 1 is 1.67 bits per heavy atom. The van der Waals surface area contributed by atoms with E-state index in [2.05, 4.69) is 36.7 Å². The molecule has 1 aliphatic carbocycles. The summed E-state index contributed by atoms with van der Waals surface area (Å²) >= 11 is 1.77. The van der Waals surface area contributed by atoms with Crippen LogP contribution in [0.25, 0.3) is 0 Å². The van der Waals surface area contributed by atoms with Gasteiger partial charge in [0, 0.05) is 16.5 Å². The smallest absolute Gasteiger partial charge is 0.0613 e. The molecule has 0 amide bonds. The highest BCUT2D eigenvalue weighted by Crippen LogP contribution is 2.40. The number of thiophene rings is 1. The second-order valence-electron chi connectivity index (χ2n) is 4.73. The predicted molar refractivity (Wildman–Crippen MR) is 64.1 cm³/mol. The first-order chi connectivity index (χ1) is 7.15. The van der Waals surface area contributed by atoms with Crippen LogP contribution in [0, 0.1) is 5.92 Å². The third-order valence-corrected chi connectivity index (χ3v) is 4.38. The molecule has 0 aliphatic heterocycles. The van der Waals surface area contributed by atoms with Crippen LogP contribution in [-0.2, 0) is 0 Å². The van der Waals surface area contributed by atoms with Crippen molar-refractivity contribution in [2.24, 2.45) is 5.92 Å². The van der Waals surface area contributed by atoms with Crippen LogP contribution in [0.3, 0.4) is 0 Å².